The van der Waals surface area contributed by atoms with E-state index < -0.39 is 0 Å². The number of benzene rings is 1. The summed E-state index contributed by atoms with van der Waals surface area (Å²) in [5.41, 5.74) is 2.80. The maximum atomic E-state index is 8.78. The molecule has 1 aromatic carbocycles. The van der Waals surface area contributed by atoms with Crippen molar-refractivity contribution in [3.05, 3.63) is 41.7 Å². The molecule has 0 bridgehead atoms. The zero-order chi connectivity index (χ0) is 11.5. The molecule has 3 nitrogen and oxygen atoms in total. The molecule has 0 atom stereocenters. The van der Waals surface area contributed by atoms with Gasteiger partial charge < -0.3 is 4.57 Å². The second-order valence-electron chi connectivity index (χ2n) is 3.72. The summed E-state index contributed by atoms with van der Waals surface area (Å²) in [7, 11) is 1.90. The lowest BCUT2D eigenvalue weighted by molar-refractivity contribution is 0.924. The molecular weight excluding hydrogens is 198 g/mol. The minimum absolute atomic E-state index is 0.456. The second-order valence-corrected chi connectivity index (χ2v) is 3.72. The van der Waals surface area contributed by atoms with Crippen molar-refractivity contribution in [3.63, 3.8) is 0 Å². The molecule has 1 aromatic heterocycles. The number of nitriles is 1. The molecule has 0 aliphatic rings. The Bertz CT molecular complexity index is 529. The van der Waals surface area contributed by atoms with Gasteiger partial charge in [0, 0.05) is 18.8 Å². The number of aromatic nitrogens is 2. The van der Waals surface area contributed by atoms with Crippen LogP contribution in [0.25, 0.3) is 11.4 Å². The Morgan fingerprint density at radius 1 is 1.31 bits per heavy atom. The highest BCUT2D eigenvalue weighted by atomic mass is 15.0. The van der Waals surface area contributed by atoms with Crippen LogP contribution in [0.1, 0.15) is 18.2 Å². The summed E-state index contributed by atoms with van der Waals surface area (Å²) < 4.78 is 1.87. The van der Waals surface area contributed by atoms with E-state index in [4.69, 9.17) is 5.26 Å². The smallest absolute Gasteiger partial charge is 0.159 e. The van der Waals surface area contributed by atoms with Crippen LogP contribution in [0.4, 0.5) is 0 Å². The Labute approximate surface area is 95.0 Å². The monoisotopic (exact) mass is 211 g/mol. The molecule has 0 aliphatic heterocycles. The third-order valence-corrected chi connectivity index (χ3v) is 2.61. The molecule has 0 spiro atoms. The van der Waals surface area contributed by atoms with E-state index in [2.05, 4.69) is 24.0 Å². The molecule has 2 rings (SSSR count). The summed E-state index contributed by atoms with van der Waals surface area (Å²) in [4.78, 5) is 4.26. The molecule has 0 unspecified atom stereocenters. The molecule has 2 aromatic rings. The molecule has 0 radical (unpaired) electrons. The second kappa shape index (κ2) is 4.19. The fourth-order valence-corrected chi connectivity index (χ4v) is 1.68. The van der Waals surface area contributed by atoms with Gasteiger partial charge in [-0.1, -0.05) is 31.2 Å². The van der Waals surface area contributed by atoms with E-state index in [1.54, 1.807) is 6.20 Å². The first-order valence-electron chi connectivity index (χ1n) is 5.27. The Hall–Kier alpha value is -2.08. The topological polar surface area (TPSA) is 41.6 Å². The summed E-state index contributed by atoms with van der Waals surface area (Å²) in [5, 5.41) is 8.78. The standard InChI is InChI=1S/C13H13N3/c1-3-10-4-6-11(7-5-10)13-15-12(8-14)9-16(13)2/h4-7,9H,3H2,1-2H3. The number of hydrogen-bond donors (Lipinski definition) is 0. The molecule has 0 saturated heterocycles. The van der Waals surface area contributed by atoms with Crippen molar-refractivity contribution in [2.75, 3.05) is 0 Å². The number of nitrogens with zero attached hydrogens (tertiary/aromatic N) is 3. The molecule has 1 heterocycles. The third-order valence-electron chi connectivity index (χ3n) is 2.61. The van der Waals surface area contributed by atoms with Crippen LogP contribution in [0, 0.1) is 11.3 Å². The van der Waals surface area contributed by atoms with E-state index in [0.29, 0.717) is 5.69 Å². The minimum Gasteiger partial charge on any atom is -0.333 e. The van der Waals surface area contributed by atoms with E-state index >= 15 is 0 Å². The van der Waals surface area contributed by atoms with Gasteiger partial charge in [0.25, 0.3) is 0 Å². The molecule has 0 amide bonds. The Morgan fingerprint density at radius 2 is 2.00 bits per heavy atom. The largest absolute Gasteiger partial charge is 0.333 e. The van der Waals surface area contributed by atoms with Crippen LogP contribution < -0.4 is 0 Å². The highest BCUT2D eigenvalue weighted by molar-refractivity contribution is 5.57. The Kier molecular flexibility index (Phi) is 2.74. The van der Waals surface area contributed by atoms with Crippen LogP contribution >= 0.6 is 0 Å². The van der Waals surface area contributed by atoms with Crippen molar-refractivity contribution < 1.29 is 0 Å². The zero-order valence-electron chi connectivity index (χ0n) is 9.44. The van der Waals surface area contributed by atoms with Gasteiger partial charge in [0.15, 0.2) is 5.69 Å². The molecule has 0 aliphatic carbocycles. The Morgan fingerprint density at radius 3 is 2.50 bits per heavy atom. The highest BCUT2D eigenvalue weighted by Gasteiger charge is 2.06. The normalized spacial score (nSPS) is 10.1. The molecule has 0 fully saturated rings. The van der Waals surface area contributed by atoms with Crippen LogP contribution in [-0.4, -0.2) is 9.55 Å². The van der Waals surface area contributed by atoms with Gasteiger partial charge in [0.05, 0.1) is 0 Å². The van der Waals surface area contributed by atoms with Gasteiger partial charge in [0.2, 0.25) is 0 Å². The highest BCUT2D eigenvalue weighted by Crippen LogP contribution is 2.18. The van der Waals surface area contributed by atoms with Gasteiger partial charge in [-0.15, -0.1) is 0 Å². The van der Waals surface area contributed by atoms with Gasteiger partial charge in [0.1, 0.15) is 11.9 Å². The lowest BCUT2D eigenvalue weighted by atomic mass is 10.1. The zero-order valence-corrected chi connectivity index (χ0v) is 9.44. The number of hydrogen-bond acceptors (Lipinski definition) is 2. The fraction of sp³-hybridized carbons (Fsp3) is 0.231. The van der Waals surface area contributed by atoms with E-state index in [0.717, 1.165) is 17.8 Å². The van der Waals surface area contributed by atoms with Crippen molar-refractivity contribution in [2.45, 2.75) is 13.3 Å². The maximum Gasteiger partial charge on any atom is 0.159 e. The van der Waals surface area contributed by atoms with Gasteiger partial charge in [-0.3, -0.25) is 0 Å². The number of rotatable bonds is 2. The Balaban J connectivity index is 2.42. The van der Waals surface area contributed by atoms with Crippen LogP contribution in [0.3, 0.4) is 0 Å². The van der Waals surface area contributed by atoms with Crippen LogP contribution in [0.2, 0.25) is 0 Å². The van der Waals surface area contributed by atoms with Gasteiger partial charge in [-0.25, -0.2) is 4.98 Å². The van der Waals surface area contributed by atoms with E-state index in [9.17, 15) is 0 Å². The molecule has 80 valence electrons. The summed E-state index contributed by atoms with van der Waals surface area (Å²) in [6, 6.07) is 10.3. The van der Waals surface area contributed by atoms with Crippen LogP contribution in [0.5, 0.6) is 0 Å². The lowest BCUT2D eigenvalue weighted by Gasteiger charge is -2.02. The first kappa shape index (κ1) is 10.4. The van der Waals surface area contributed by atoms with Gasteiger partial charge >= 0.3 is 0 Å². The average molecular weight is 211 g/mol. The minimum atomic E-state index is 0.456. The van der Waals surface area contributed by atoms with E-state index in [-0.39, 0.29) is 0 Å². The predicted molar refractivity (Wildman–Crippen MR) is 62.7 cm³/mol. The quantitative estimate of drug-likeness (QED) is 0.766. The first-order valence-corrected chi connectivity index (χ1v) is 5.27. The van der Waals surface area contributed by atoms with Crippen molar-refractivity contribution in [2.24, 2.45) is 7.05 Å². The number of imidazole rings is 1. The fourth-order valence-electron chi connectivity index (χ4n) is 1.68. The lowest BCUT2D eigenvalue weighted by Crippen LogP contribution is -1.91. The molecule has 0 saturated carbocycles. The van der Waals surface area contributed by atoms with Crippen molar-refractivity contribution in [3.8, 4) is 17.5 Å². The summed E-state index contributed by atoms with van der Waals surface area (Å²) >= 11 is 0. The predicted octanol–water partition coefficient (Wildman–Crippen LogP) is 2.52. The molecule has 3 heteroatoms. The maximum absolute atomic E-state index is 8.78. The molecule has 0 N–H and O–H groups in total. The van der Waals surface area contributed by atoms with Crippen LogP contribution in [0.15, 0.2) is 30.5 Å². The van der Waals surface area contributed by atoms with Crippen LogP contribution in [-0.2, 0) is 13.5 Å². The molecule has 16 heavy (non-hydrogen) atoms. The number of aryl methyl sites for hydroxylation is 2. The third kappa shape index (κ3) is 1.82. The van der Waals surface area contributed by atoms with Crippen molar-refractivity contribution in [1.82, 2.24) is 9.55 Å². The van der Waals surface area contributed by atoms with E-state index in [1.165, 1.54) is 5.56 Å². The van der Waals surface area contributed by atoms with Crippen molar-refractivity contribution in [1.29, 1.82) is 5.26 Å². The van der Waals surface area contributed by atoms with Crippen molar-refractivity contribution >= 4 is 0 Å². The summed E-state index contributed by atoms with van der Waals surface area (Å²) in [6.07, 6.45) is 2.77. The molecular formula is C13H13N3. The van der Waals surface area contributed by atoms with E-state index in [1.807, 2.05) is 29.8 Å². The first-order chi connectivity index (χ1) is 7.74. The summed E-state index contributed by atoms with van der Waals surface area (Å²) in [6.45, 7) is 2.13. The summed E-state index contributed by atoms with van der Waals surface area (Å²) in [5.74, 6) is 0.833. The average Bonchev–Trinajstić information content (AvgIpc) is 2.71. The van der Waals surface area contributed by atoms with Gasteiger partial charge in [-0.2, -0.15) is 5.26 Å². The van der Waals surface area contributed by atoms with Gasteiger partial charge in [-0.05, 0) is 12.0 Å². The SMILES string of the molecule is CCc1ccc(-c2nc(C#N)cn2C)cc1.